The normalized spacial score (nSPS) is 20.8. The van der Waals surface area contributed by atoms with Crippen molar-refractivity contribution < 1.29 is 18.7 Å². The third kappa shape index (κ3) is 4.94. The lowest BCUT2D eigenvalue weighted by molar-refractivity contribution is -0.151. The largest absolute Gasteiger partial charge is 0.496 e. The summed E-state index contributed by atoms with van der Waals surface area (Å²) in [7, 11) is 3.70. The van der Waals surface area contributed by atoms with E-state index >= 15 is 0 Å². The van der Waals surface area contributed by atoms with Crippen molar-refractivity contribution in [2.24, 2.45) is 5.41 Å². The molecule has 2 heterocycles. The quantitative estimate of drug-likeness (QED) is 0.675. The van der Waals surface area contributed by atoms with Crippen LogP contribution in [0.25, 0.3) is 0 Å². The van der Waals surface area contributed by atoms with Crippen molar-refractivity contribution in [1.82, 2.24) is 14.7 Å². The van der Waals surface area contributed by atoms with Gasteiger partial charge in [0.2, 0.25) is 11.8 Å². The molecular weight excluding hydrogens is 433 g/mol. The molecule has 2 saturated heterocycles. The summed E-state index contributed by atoms with van der Waals surface area (Å²) in [6.45, 7) is 4.68. The maximum Gasteiger partial charge on any atom is 0.229 e. The minimum atomic E-state index is -0.534. The van der Waals surface area contributed by atoms with Crippen LogP contribution >= 0.6 is 0 Å². The minimum absolute atomic E-state index is 0.0108. The van der Waals surface area contributed by atoms with Gasteiger partial charge in [-0.2, -0.15) is 0 Å². The first-order chi connectivity index (χ1) is 16.3. The summed E-state index contributed by atoms with van der Waals surface area (Å²) >= 11 is 0. The lowest BCUT2D eigenvalue weighted by Crippen LogP contribution is -2.57. The SMILES string of the molecule is COc1ccccc1C1CN(C(=O)C2(Cc3ccc(F)cc3)CCN(C)CC2)CCN1C(C)=O. The van der Waals surface area contributed by atoms with Gasteiger partial charge in [-0.1, -0.05) is 30.3 Å². The maximum absolute atomic E-state index is 14.2. The molecule has 182 valence electrons. The van der Waals surface area contributed by atoms with Gasteiger partial charge in [0.15, 0.2) is 0 Å². The molecule has 0 spiro atoms. The summed E-state index contributed by atoms with van der Waals surface area (Å²) in [4.78, 5) is 32.7. The number of para-hydroxylation sites is 1. The van der Waals surface area contributed by atoms with Gasteiger partial charge in [0, 0.05) is 32.1 Å². The standard InChI is InChI=1S/C27H34FN3O3/c1-20(32)31-17-16-30(19-24(31)23-6-4-5-7-25(23)34-3)26(33)27(12-14-29(2)15-13-27)18-21-8-10-22(28)11-9-21/h4-11,24H,12-19H2,1-3H3. The molecule has 34 heavy (non-hydrogen) atoms. The van der Waals surface area contributed by atoms with Crippen molar-refractivity contribution in [2.75, 3.05) is 46.9 Å². The fraction of sp³-hybridized carbons (Fsp3) is 0.481. The molecule has 0 aliphatic carbocycles. The Bertz CT molecular complexity index is 1020. The Morgan fingerprint density at radius 1 is 1.03 bits per heavy atom. The molecule has 2 fully saturated rings. The zero-order valence-electron chi connectivity index (χ0n) is 20.3. The van der Waals surface area contributed by atoms with Gasteiger partial charge in [-0.3, -0.25) is 9.59 Å². The van der Waals surface area contributed by atoms with Crippen LogP contribution in [0.5, 0.6) is 5.75 Å². The summed E-state index contributed by atoms with van der Waals surface area (Å²) in [5, 5.41) is 0. The third-order valence-corrected chi connectivity index (χ3v) is 7.42. The summed E-state index contributed by atoms with van der Waals surface area (Å²) in [5.74, 6) is 0.567. The molecule has 2 amide bonds. The van der Waals surface area contributed by atoms with Crippen LogP contribution in [0, 0.1) is 11.2 Å². The molecule has 0 bridgehead atoms. The molecule has 6 nitrogen and oxygen atoms in total. The molecule has 1 atom stereocenters. The van der Waals surface area contributed by atoms with Gasteiger partial charge in [0.1, 0.15) is 11.6 Å². The third-order valence-electron chi connectivity index (χ3n) is 7.42. The van der Waals surface area contributed by atoms with Crippen LogP contribution in [0.4, 0.5) is 4.39 Å². The average molecular weight is 468 g/mol. The van der Waals surface area contributed by atoms with E-state index in [1.165, 1.54) is 12.1 Å². The molecule has 0 radical (unpaired) electrons. The molecule has 4 rings (SSSR count). The van der Waals surface area contributed by atoms with Crippen LogP contribution in [0.1, 0.15) is 36.9 Å². The number of amides is 2. The molecule has 2 aromatic rings. The van der Waals surface area contributed by atoms with E-state index in [4.69, 9.17) is 4.74 Å². The Balaban J connectivity index is 1.63. The van der Waals surface area contributed by atoms with E-state index in [1.54, 1.807) is 26.2 Å². The maximum atomic E-state index is 14.2. The van der Waals surface area contributed by atoms with E-state index in [9.17, 15) is 14.0 Å². The Labute approximate surface area is 201 Å². The van der Waals surface area contributed by atoms with Crippen LogP contribution in [0.2, 0.25) is 0 Å². The lowest BCUT2D eigenvalue weighted by Gasteiger charge is -2.47. The number of likely N-dealkylation sites (tertiary alicyclic amines) is 1. The van der Waals surface area contributed by atoms with Gasteiger partial charge >= 0.3 is 0 Å². The van der Waals surface area contributed by atoms with Gasteiger partial charge in [-0.25, -0.2) is 4.39 Å². The molecule has 1 unspecified atom stereocenters. The number of halogens is 1. The molecule has 2 aliphatic rings. The highest BCUT2D eigenvalue weighted by Gasteiger charge is 2.45. The first-order valence-corrected chi connectivity index (χ1v) is 12.0. The predicted octanol–water partition coefficient (Wildman–Crippen LogP) is 3.52. The second-order valence-electron chi connectivity index (χ2n) is 9.61. The molecule has 0 aromatic heterocycles. The molecule has 7 heteroatoms. The Morgan fingerprint density at radius 2 is 1.71 bits per heavy atom. The van der Waals surface area contributed by atoms with Crippen molar-refractivity contribution in [1.29, 1.82) is 0 Å². The summed E-state index contributed by atoms with van der Waals surface area (Å²) < 4.78 is 19.1. The highest BCUT2D eigenvalue weighted by Crippen LogP contribution is 2.39. The number of carbonyl (C=O) groups is 2. The van der Waals surface area contributed by atoms with Gasteiger partial charge in [-0.15, -0.1) is 0 Å². The molecule has 0 N–H and O–H groups in total. The summed E-state index contributed by atoms with van der Waals surface area (Å²) in [6, 6.07) is 13.9. The minimum Gasteiger partial charge on any atom is -0.496 e. The van der Waals surface area contributed by atoms with Gasteiger partial charge in [0.05, 0.1) is 18.6 Å². The van der Waals surface area contributed by atoms with Crippen LogP contribution < -0.4 is 4.74 Å². The fourth-order valence-electron chi connectivity index (χ4n) is 5.39. The number of hydrogen-bond donors (Lipinski definition) is 0. The number of ether oxygens (including phenoxy) is 1. The number of rotatable bonds is 5. The predicted molar refractivity (Wildman–Crippen MR) is 129 cm³/mol. The summed E-state index contributed by atoms with van der Waals surface area (Å²) in [5.41, 5.74) is 1.35. The molecular formula is C27H34FN3O3. The molecule has 0 saturated carbocycles. The number of benzene rings is 2. The number of hydrogen-bond acceptors (Lipinski definition) is 4. The van der Waals surface area contributed by atoms with Crippen LogP contribution in [-0.2, 0) is 16.0 Å². The first kappa shape index (κ1) is 24.2. The topological polar surface area (TPSA) is 53.1 Å². The number of carbonyl (C=O) groups excluding carboxylic acids is 2. The summed E-state index contributed by atoms with van der Waals surface area (Å²) in [6.07, 6.45) is 2.10. The second kappa shape index (κ2) is 10.1. The van der Waals surface area contributed by atoms with E-state index in [0.29, 0.717) is 31.8 Å². The van der Waals surface area contributed by atoms with Crippen molar-refractivity contribution >= 4 is 11.8 Å². The van der Waals surface area contributed by atoms with Crippen molar-refractivity contribution in [2.45, 2.75) is 32.2 Å². The Morgan fingerprint density at radius 3 is 2.35 bits per heavy atom. The Hall–Kier alpha value is -2.93. The monoisotopic (exact) mass is 467 g/mol. The van der Waals surface area contributed by atoms with Crippen LogP contribution in [-0.4, -0.2) is 73.4 Å². The fourth-order valence-corrected chi connectivity index (χ4v) is 5.39. The number of nitrogens with zero attached hydrogens (tertiary/aromatic N) is 3. The van der Waals surface area contributed by atoms with Crippen LogP contribution in [0.15, 0.2) is 48.5 Å². The van der Waals surface area contributed by atoms with E-state index in [-0.39, 0.29) is 23.7 Å². The van der Waals surface area contributed by atoms with Crippen molar-refractivity contribution in [3.63, 3.8) is 0 Å². The van der Waals surface area contributed by atoms with E-state index in [0.717, 1.165) is 37.1 Å². The van der Waals surface area contributed by atoms with Gasteiger partial charge in [-0.05, 0) is 63.2 Å². The number of piperazine rings is 1. The molecule has 2 aliphatic heterocycles. The van der Waals surface area contributed by atoms with E-state index in [1.807, 2.05) is 34.1 Å². The molecule has 2 aromatic carbocycles. The van der Waals surface area contributed by atoms with E-state index in [2.05, 4.69) is 11.9 Å². The highest BCUT2D eigenvalue weighted by molar-refractivity contribution is 5.84. The van der Waals surface area contributed by atoms with Gasteiger partial charge in [0.25, 0.3) is 0 Å². The zero-order chi connectivity index (χ0) is 24.3. The Kier molecular flexibility index (Phi) is 7.22. The second-order valence-corrected chi connectivity index (χ2v) is 9.61. The first-order valence-electron chi connectivity index (χ1n) is 12.0. The zero-order valence-corrected chi connectivity index (χ0v) is 20.3. The van der Waals surface area contributed by atoms with Crippen molar-refractivity contribution in [3.8, 4) is 5.75 Å². The number of methoxy groups -OCH3 is 1. The average Bonchev–Trinajstić information content (AvgIpc) is 2.86. The number of piperidine rings is 1. The lowest BCUT2D eigenvalue weighted by atomic mass is 9.72. The smallest absolute Gasteiger partial charge is 0.229 e. The van der Waals surface area contributed by atoms with Crippen molar-refractivity contribution in [3.05, 3.63) is 65.5 Å². The van der Waals surface area contributed by atoms with Gasteiger partial charge < -0.3 is 19.4 Å². The van der Waals surface area contributed by atoms with E-state index < -0.39 is 5.41 Å². The highest BCUT2D eigenvalue weighted by atomic mass is 19.1. The van der Waals surface area contributed by atoms with Crippen LogP contribution in [0.3, 0.4) is 0 Å².